The number of alkyl halides is 1. The lowest BCUT2D eigenvalue weighted by Crippen LogP contribution is -2.54. The molecule has 11 heteroatoms. The lowest BCUT2D eigenvalue weighted by atomic mass is 9.92. The van der Waals surface area contributed by atoms with E-state index >= 15 is 4.39 Å². The predicted octanol–water partition coefficient (Wildman–Crippen LogP) is 2.67. The lowest BCUT2D eigenvalue weighted by Gasteiger charge is -2.38. The molecule has 4 rings (SSSR count). The SMILES string of the molecule is CCC1=C(/C=C(\CC)N(C)CCN(C)CC2(F)CCN(C(=O)c3ccccc3)CC2)C(=O)N(C2CCC(=O)NC2=O)C1=O. The van der Waals surface area contributed by atoms with Crippen molar-refractivity contribution in [1.29, 1.82) is 0 Å². The van der Waals surface area contributed by atoms with E-state index in [1.54, 1.807) is 30.0 Å². The Morgan fingerprint density at radius 1 is 1.05 bits per heavy atom. The Balaban J connectivity index is 1.34. The number of benzene rings is 1. The molecule has 1 atom stereocenters. The van der Waals surface area contributed by atoms with Gasteiger partial charge in [0.1, 0.15) is 11.7 Å². The number of carbonyl (C=O) groups is 5. The van der Waals surface area contributed by atoms with Gasteiger partial charge in [0.15, 0.2) is 0 Å². The highest BCUT2D eigenvalue weighted by Gasteiger charge is 2.45. The molecule has 2 fully saturated rings. The van der Waals surface area contributed by atoms with Gasteiger partial charge < -0.3 is 14.7 Å². The predicted molar refractivity (Wildman–Crippen MR) is 159 cm³/mol. The van der Waals surface area contributed by atoms with Crippen LogP contribution in [0.4, 0.5) is 4.39 Å². The minimum absolute atomic E-state index is 0.0690. The van der Waals surface area contributed by atoms with E-state index in [1.807, 2.05) is 49.0 Å². The van der Waals surface area contributed by atoms with Crippen molar-refractivity contribution in [2.45, 2.75) is 64.1 Å². The molecule has 3 aliphatic rings. The van der Waals surface area contributed by atoms with Crippen molar-refractivity contribution in [2.24, 2.45) is 0 Å². The first-order valence-corrected chi connectivity index (χ1v) is 15.1. The number of carbonyl (C=O) groups excluding carboxylic acids is 5. The average molecular weight is 596 g/mol. The van der Waals surface area contributed by atoms with Crippen LogP contribution in [-0.2, 0) is 19.2 Å². The van der Waals surface area contributed by atoms with Crippen LogP contribution in [0.5, 0.6) is 0 Å². The Kier molecular flexibility index (Phi) is 10.2. The number of nitrogens with zero attached hydrogens (tertiary/aromatic N) is 4. The number of piperidine rings is 2. The van der Waals surface area contributed by atoms with Gasteiger partial charge in [0.25, 0.3) is 17.7 Å². The van der Waals surface area contributed by atoms with Crippen LogP contribution in [0.2, 0.25) is 0 Å². The van der Waals surface area contributed by atoms with Crippen molar-refractivity contribution in [3.05, 3.63) is 58.8 Å². The molecular weight excluding hydrogens is 553 g/mol. The highest BCUT2D eigenvalue weighted by Crippen LogP contribution is 2.31. The molecule has 1 aromatic rings. The van der Waals surface area contributed by atoms with E-state index in [1.165, 1.54) is 0 Å². The summed E-state index contributed by atoms with van der Waals surface area (Å²) in [7, 11) is 3.77. The summed E-state index contributed by atoms with van der Waals surface area (Å²) in [5.41, 5.74) is 0.684. The molecule has 3 heterocycles. The van der Waals surface area contributed by atoms with Gasteiger partial charge in [-0.05, 0) is 44.5 Å². The third-order valence-electron chi connectivity index (χ3n) is 8.63. The zero-order chi connectivity index (χ0) is 31.3. The lowest BCUT2D eigenvalue weighted by molar-refractivity contribution is -0.150. The molecule has 0 spiro atoms. The number of allylic oxidation sites excluding steroid dienone is 1. The molecule has 0 radical (unpaired) electrons. The van der Waals surface area contributed by atoms with E-state index in [0.29, 0.717) is 50.2 Å². The highest BCUT2D eigenvalue weighted by molar-refractivity contribution is 6.22. The Morgan fingerprint density at radius 3 is 2.33 bits per heavy atom. The van der Waals surface area contributed by atoms with E-state index in [-0.39, 0.29) is 43.7 Å². The first kappa shape index (κ1) is 32.1. The maximum atomic E-state index is 15.8. The van der Waals surface area contributed by atoms with E-state index in [9.17, 15) is 24.0 Å². The van der Waals surface area contributed by atoms with Crippen LogP contribution in [-0.4, -0.2) is 108 Å². The number of amides is 5. The monoisotopic (exact) mass is 595 g/mol. The van der Waals surface area contributed by atoms with Crippen LogP contribution in [0.25, 0.3) is 0 Å². The second-order valence-corrected chi connectivity index (χ2v) is 11.7. The molecule has 5 amide bonds. The van der Waals surface area contributed by atoms with Crippen LogP contribution in [0.15, 0.2) is 53.3 Å². The average Bonchev–Trinajstić information content (AvgIpc) is 3.22. The number of likely N-dealkylation sites (N-methyl/N-ethyl adjacent to an activating group) is 2. The van der Waals surface area contributed by atoms with Crippen molar-refractivity contribution in [3.63, 3.8) is 0 Å². The van der Waals surface area contributed by atoms with Gasteiger partial charge in [-0.2, -0.15) is 0 Å². The molecule has 1 unspecified atom stereocenters. The molecule has 1 N–H and O–H groups in total. The summed E-state index contributed by atoms with van der Waals surface area (Å²) in [5, 5.41) is 2.22. The molecule has 0 bridgehead atoms. The number of rotatable bonds is 11. The first-order chi connectivity index (χ1) is 20.5. The van der Waals surface area contributed by atoms with Crippen molar-refractivity contribution in [3.8, 4) is 0 Å². The number of imide groups is 2. The normalized spacial score (nSPS) is 21.2. The third-order valence-corrected chi connectivity index (χ3v) is 8.63. The molecule has 43 heavy (non-hydrogen) atoms. The number of hydrogen-bond donors (Lipinski definition) is 1. The maximum absolute atomic E-state index is 15.8. The fourth-order valence-electron chi connectivity index (χ4n) is 6.02. The summed E-state index contributed by atoms with van der Waals surface area (Å²) in [6.07, 6.45) is 3.39. The molecule has 232 valence electrons. The van der Waals surface area contributed by atoms with Crippen LogP contribution < -0.4 is 5.32 Å². The molecule has 3 aliphatic heterocycles. The molecule has 1 aromatic carbocycles. The summed E-state index contributed by atoms with van der Waals surface area (Å²) < 4.78 is 15.8. The zero-order valence-corrected chi connectivity index (χ0v) is 25.5. The fraction of sp³-hybridized carbons (Fsp3) is 0.531. The summed E-state index contributed by atoms with van der Waals surface area (Å²) in [6.45, 7) is 5.88. The van der Waals surface area contributed by atoms with E-state index in [0.717, 1.165) is 10.6 Å². The standard InChI is InChI=1S/C32H42FN5O5/c1-5-23(20-25-24(6-2)30(42)38(31(25)43)26-12-13-27(39)34-28(26)40)36(4)19-18-35(3)21-32(33)14-16-37(17-15-32)29(41)22-10-8-7-9-11-22/h7-11,20,26H,5-6,12-19,21H2,1-4H3,(H,34,39,40)/b23-20+. The number of nitrogens with one attached hydrogen (secondary N) is 1. The van der Waals surface area contributed by atoms with Crippen LogP contribution in [0.3, 0.4) is 0 Å². The summed E-state index contributed by atoms with van der Waals surface area (Å²) in [5.74, 6) is -2.12. The maximum Gasteiger partial charge on any atom is 0.262 e. The smallest absolute Gasteiger partial charge is 0.262 e. The first-order valence-electron chi connectivity index (χ1n) is 15.1. The highest BCUT2D eigenvalue weighted by atomic mass is 19.1. The second-order valence-electron chi connectivity index (χ2n) is 11.7. The number of halogens is 1. The van der Waals surface area contributed by atoms with Gasteiger partial charge in [-0.3, -0.25) is 34.2 Å². The molecular formula is C32H42FN5O5. The topological polar surface area (TPSA) is 110 Å². The van der Waals surface area contributed by atoms with E-state index in [4.69, 9.17) is 0 Å². The van der Waals surface area contributed by atoms with Gasteiger partial charge in [-0.15, -0.1) is 0 Å². The molecule has 2 saturated heterocycles. The Labute approximate surface area is 252 Å². The Bertz CT molecular complexity index is 1320. The van der Waals surface area contributed by atoms with Crippen molar-refractivity contribution >= 4 is 29.5 Å². The van der Waals surface area contributed by atoms with Gasteiger partial charge in [-0.1, -0.05) is 32.0 Å². The fourth-order valence-corrected chi connectivity index (χ4v) is 6.02. The largest absolute Gasteiger partial charge is 0.377 e. The van der Waals surface area contributed by atoms with E-state index < -0.39 is 35.3 Å². The van der Waals surface area contributed by atoms with Gasteiger partial charge >= 0.3 is 0 Å². The summed E-state index contributed by atoms with van der Waals surface area (Å²) in [6, 6.07) is 8.05. The van der Waals surface area contributed by atoms with Crippen molar-refractivity contribution < 1.29 is 28.4 Å². The summed E-state index contributed by atoms with van der Waals surface area (Å²) in [4.78, 5) is 70.0. The van der Waals surface area contributed by atoms with Gasteiger partial charge in [0, 0.05) is 75.9 Å². The van der Waals surface area contributed by atoms with Crippen molar-refractivity contribution in [2.75, 3.05) is 46.8 Å². The van der Waals surface area contributed by atoms with Gasteiger partial charge in [-0.25, -0.2) is 4.39 Å². The molecule has 0 aromatic heterocycles. The summed E-state index contributed by atoms with van der Waals surface area (Å²) >= 11 is 0. The molecule has 0 saturated carbocycles. The van der Waals surface area contributed by atoms with Gasteiger partial charge in [0.05, 0.1) is 5.57 Å². The zero-order valence-electron chi connectivity index (χ0n) is 25.5. The minimum atomic E-state index is -1.39. The number of likely N-dealkylation sites (tertiary alicyclic amines) is 1. The third kappa shape index (κ3) is 7.21. The molecule has 0 aliphatic carbocycles. The van der Waals surface area contributed by atoms with Gasteiger partial charge in [0.2, 0.25) is 11.8 Å². The molecule has 10 nitrogen and oxygen atoms in total. The van der Waals surface area contributed by atoms with Crippen LogP contribution in [0, 0.1) is 0 Å². The van der Waals surface area contributed by atoms with E-state index in [2.05, 4.69) is 5.32 Å². The number of hydrogen-bond acceptors (Lipinski definition) is 7. The quantitative estimate of drug-likeness (QED) is 0.392. The van der Waals surface area contributed by atoms with Crippen molar-refractivity contribution in [1.82, 2.24) is 24.9 Å². The second kappa shape index (κ2) is 13.6. The Hall–Kier alpha value is -3.86. The van der Waals surface area contributed by atoms with Crippen LogP contribution >= 0.6 is 0 Å². The minimum Gasteiger partial charge on any atom is -0.377 e. The Morgan fingerprint density at radius 2 is 1.72 bits per heavy atom. The van der Waals surface area contributed by atoms with Crippen LogP contribution in [0.1, 0.15) is 62.7 Å².